The number of carboxylic acids is 1. The number of thiophene rings is 1. The monoisotopic (exact) mass is 262 g/mol. The first kappa shape index (κ1) is 12.1. The zero-order chi connectivity index (χ0) is 13.1. The molecule has 0 aliphatic heterocycles. The van der Waals surface area contributed by atoms with E-state index in [-0.39, 0.29) is 4.88 Å². The first-order valence-corrected chi connectivity index (χ1v) is 5.86. The number of hydrogen-bond donors (Lipinski definition) is 3. The van der Waals surface area contributed by atoms with Crippen molar-refractivity contribution in [1.29, 1.82) is 0 Å². The number of rotatable bonds is 4. The van der Waals surface area contributed by atoms with Crippen LogP contribution in [-0.4, -0.2) is 17.5 Å². The number of nitrogens with one attached hydrogen (secondary N) is 1. The van der Waals surface area contributed by atoms with Crippen LogP contribution in [-0.2, 0) is 4.79 Å². The molecule has 0 aliphatic carbocycles. The predicted octanol–water partition coefficient (Wildman–Crippen LogP) is 2.26. The van der Waals surface area contributed by atoms with Gasteiger partial charge in [-0.1, -0.05) is 12.1 Å². The highest BCUT2D eigenvalue weighted by Crippen LogP contribution is 2.34. The number of aromatic carboxylic acids is 1. The number of nitrogen functional groups attached to an aromatic ring is 1. The second kappa shape index (κ2) is 4.89. The molecule has 0 spiro atoms. The predicted molar refractivity (Wildman–Crippen MR) is 70.8 cm³/mol. The largest absolute Gasteiger partial charge is 0.477 e. The van der Waals surface area contributed by atoms with Crippen molar-refractivity contribution in [3.63, 3.8) is 0 Å². The van der Waals surface area contributed by atoms with Gasteiger partial charge in [0.1, 0.15) is 4.88 Å². The van der Waals surface area contributed by atoms with E-state index in [1.807, 2.05) is 0 Å². The summed E-state index contributed by atoms with van der Waals surface area (Å²) in [4.78, 5) is 22.3. The molecule has 92 valence electrons. The molecule has 0 saturated heterocycles. The van der Waals surface area contributed by atoms with Gasteiger partial charge in [0.05, 0.1) is 5.69 Å². The van der Waals surface area contributed by atoms with Crippen LogP contribution in [0.3, 0.4) is 0 Å². The summed E-state index contributed by atoms with van der Waals surface area (Å²) < 4.78 is 0. The maximum atomic E-state index is 11.0. The van der Waals surface area contributed by atoms with Crippen molar-refractivity contribution in [1.82, 2.24) is 0 Å². The molecular formula is C12H10N2O3S. The molecule has 1 amide bonds. The fourth-order valence-corrected chi connectivity index (χ4v) is 2.48. The number of hydrogen-bond acceptors (Lipinski definition) is 4. The van der Waals surface area contributed by atoms with Crippen molar-refractivity contribution in [2.45, 2.75) is 0 Å². The molecular weight excluding hydrogens is 252 g/mol. The van der Waals surface area contributed by atoms with E-state index in [0.717, 1.165) is 21.8 Å². The van der Waals surface area contributed by atoms with Crippen LogP contribution >= 0.6 is 11.3 Å². The summed E-state index contributed by atoms with van der Waals surface area (Å²) in [6, 6.07) is 8.72. The lowest BCUT2D eigenvalue weighted by molar-refractivity contribution is -0.105. The number of carbonyl (C=O) groups excluding carboxylic acids is 1. The molecule has 2 aromatic rings. The number of benzene rings is 1. The molecule has 1 heterocycles. The van der Waals surface area contributed by atoms with E-state index in [2.05, 4.69) is 5.32 Å². The van der Waals surface area contributed by atoms with Crippen molar-refractivity contribution in [3.05, 3.63) is 35.2 Å². The second-order valence-electron chi connectivity index (χ2n) is 3.54. The molecule has 0 saturated carbocycles. The lowest BCUT2D eigenvalue weighted by atomic mass is 10.1. The Hall–Kier alpha value is -2.34. The van der Waals surface area contributed by atoms with Gasteiger partial charge in [-0.15, -0.1) is 11.3 Å². The summed E-state index contributed by atoms with van der Waals surface area (Å²) in [5.74, 6) is -1.06. The van der Waals surface area contributed by atoms with Gasteiger partial charge in [-0.3, -0.25) is 4.79 Å². The molecule has 18 heavy (non-hydrogen) atoms. The highest BCUT2D eigenvalue weighted by molar-refractivity contribution is 7.18. The molecule has 0 bridgehead atoms. The van der Waals surface area contributed by atoms with Crippen LogP contribution in [0, 0.1) is 0 Å². The summed E-state index contributed by atoms with van der Waals surface area (Å²) in [6.07, 6.45) is 0.460. The Morgan fingerprint density at radius 2 is 2.00 bits per heavy atom. The highest BCUT2D eigenvalue weighted by Gasteiger charge is 2.15. The Kier molecular flexibility index (Phi) is 3.29. The molecule has 4 N–H and O–H groups in total. The van der Waals surface area contributed by atoms with E-state index in [1.54, 1.807) is 30.3 Å². The van der Waals surface area contributed by atoms with Crippen LogP contribution in [0.5, 0.6) is 0 Å². The maximum Gasteiger partial charge on any atom is 0.348 e. The average Bonchev–Trinajstić information content (AvgIpc) is 2.75. The van der Waals surface area contributed by atoms with Crippen LogP contribution in [0.25, 0.3) is 10.4 Å². The molecule has 1 aromatic heterocycles. The normalized spacial score (nSPS) is 10.0. The topological polar surface area (TPSA) is 92.4 Å². The summed E-state index contributed by atoms with van der Waals surface area (Å²) in [7, 11) is 0. The Morgan fingerprint density at radius 1 is 1.33 bits per heavy atom. The van der Waals surface area contributed by atoms with Crippen LogP contribution < -0.4 is 11.1 Å². The Morgan fingerprint density at radius 3 is 2.56 bits per heavy atom. The SMILES string of the molecule is Nc1ccc(-c2cc(NC=O)c(C(=O)O)s2)cc1. The molecule has 1 aromatic carbocycles. The lowest BCUT2D eigenvalue weighted by Gasteiger charge is -1.97. The van der Waals surface area contributed by atoms with Gasteiger partial charge in [-0.05, 0) is 23.8 Å². The van der Waals surface area contributed by atoms with Gasteiger partial charge in [0.25, 0.3) is 0 Å². The Labute approximate surface area is 107 Å². The molecule has 0 atom stereocenters. The number of anilines is 2. The summed E-state index contributed by atoms with van der Waals surface area (Å²) >= 11 is 1.10. The number of carbonyl (C=O) groups is 2. The minimum atomic E-state index is -1.06. The van der Waals surface area contributed by atoms with Crippen molar-refractivity contribution in [3.8, 4) is 10.4 Å². The standard InChI is InChI=1S/C12H10N2O3S/c13-8-3-1-7(2-4-8)10-5-9(14-6-15)11(18-10)12(16)17/h1-6H,13H2,(H,14,15)(H,16,17). The minimum absolute atomic E-state index is 0.105. The fraction of sp³-hybridized carbons (Fsp3) is 0. The molecule has 0 aliphatic rings. The van der Waals surface area contributed by atoms with Crippen molar-refractivity contribution >= 4 is 35.1 Å². The van der Waals surface area contributed by atoms with Gasteiger partial charge < -0.3 is 16.2 Å². The highest BCUT2D eigenvalue weighted by atomic mass is 32.1. The second-order valence-corrected chi connectivity index (χ2v) is 4.59. The Balaban J connectivity index is 2.45. The third-order valence-electron chi connectivity index (χ3n) is 2.34. The van der Waals surface area contributed by atoms with Crippen molar-refractivity contribution in [2.24, 2.45) is 0 Å². The maximum absolute atomic E-state index is 11.0. The first-order chi connectivity index (χ1) is 8.61. The quantitative estimate of drug-likeness (QED) is 0.582. The van der Waals surface area contributed by atoms with E-state index in [4.69, 9.17) is 10.8 Å². The zero-order valence-electron chi connectivity index (χ0n) is 9.21. The van der Waals surface area contributed by atoms with Crippen LogP contribution in [0.4, 0.5) is 11.4 Å². The third-order valence-corrected chi connectivity index (χ3v) is 3.51. The van der Waals surface area contributed by atoms with Crippen LogP contribution in [0.2, 0.25) is 0 Å². The lowest BCUT2D eigenvalue weighted by Crippen LogP contribution is -2.00. The van der Waals surface area contributed by atoms with Gasteiger partial charge in [0.15, 0.2) is 0 Å². The van der Waals surface area contributed by atoms with Gasteiger partial charge in [0.2, 0.25) is 6.41 Å². The van der Waals surface area contributed by atoms with E-state index < -0.39 is 5.97 Å². The van der Waals surface area contributed by atoms with Crippen LogP contribution in [0.1, 0.15) is 9.67 Å². The van der Waals surface area contributed by atoms with E-state index in [1.165, 1.54) is 0 Å². The molecule has 0 fully saturated rings. The minimum Gasteiger partial charge on any atom is -0.477 e. The van der Waals surface area contributed by atoms with E-state index in [9.17, 15) is 9.59 Å². The van der Waals surface area contributed by atoms with E-state index >= 15 is 0 Å². The van der Waals surface area contributed by atoms with Gasteiger partial charge >= 0.3 is 5.97 Å². The van der Waals surface area contributed by atoms with E-state index in [0.29, 0.717) is 17.8 Å². The number of carboxylic acid groups (broad SMARTS) is 1. The van der Waals surface area contributed by atoms with Crippen LogP contribution in [0.15, 0.2) is 30.3 Å². The first-order valence-electron chi connectivity index (χ1n) is 5.05. The average molecular weight is 262 g/mol. The van der Waals surface area contributed by atoms with Gasteiger partial charge in [-0.25, -0.2) is 4.79 Å². The summed E-state index contributed by atoms with van der Waals surface area (Å²) in [5.41, 5.74) is 7.38. The zero-order valence-corrected chi connectivity index (χ0v) is 10.0. The third kappa shape index (κ3) is 2.33. The number of nitrogens with two attached hydrogens (primary N) is 1. The Bertz CT molecular complexity index is 590. The summed E-state index contributed by atoms with van der Waals surface area (Å²) in [6.45, 7) is 0. The number of amides is 1. The van der Waals surface area contributed by atoms with Gasteiger partial charge in [0, 0.05) is 10.6 Å². The summed E-state index contributed by atoms with van der Waals surface area (Å²) in [5, 5.41) is 11.4. The van der Waals surface area contributed by atoms with Crippen molar-refractivity contribution < 1.29 is 14.7 Å². The molecule has 6 heteroatoms. The van der Waals surface area contributed by atoms with Gasteiger partial charge in [-0.2, -0.15) is 0 Å². The molecule has 0 radical (unpaired) electrons. The molecule has 5 nitrogen and oxygen atoms in total. The fourth-order valence-electron chi connectivity index (χ4n) is 1.51. The molecule has 0 unspecified atom stereocenters. The smallest absolute Gasteiger partial charge is 0.348 e. The molecule has 2 rings (SSSR count). The van der Waals surface area contributed by atoms with Crippen molar-refractivity contribution in [2.75, 3.05) is 11.1 Å².